The average Bonchev–Trinajstić information content (AvgIpc) is 2.80. The first-order chi connectivity index (χ1) is 11.7. The van der Waals surface area contributed by atoms with Gasteiger partial charge >= 0.3 is 11.9 Å². The van der Waals surface area contributed by atoms with E-state index in [-0.39, 0.29) is 13.0 Å². The van der Waals surface area contributed by atoms with Crippen molar-refractivity contribution in [2.45, 2.75) is 39.4 Å². The van der Waals surface area contributed by atoms with Crippen molar-refractivity contribution < 1.29 is 28.7 Å². The SMILES string of the molecule is CC(C)(C)OC(=O)[C@H]1CC(=O)N(CC(=O)OCc2ccccc2)C1=O. The van der Waals surface area contributed by atoms with Crippen LogP contribution in [0.1, 0.15) is 32.8 Å². The lowest BCUT2D eigenvalue weighted by Gasteiger charge is -2.21. The Morgan fingerprint density at radius 1 is 1.16 bits per heavy atom. The van der Waals surface area contributed by atoms with Crippen molar-refractivity contribution >= 4 is 23.8 Å². The Bertz CT molecular complexity index is 677. The monoisotopic (exact) mass is 347 g/mol. The topological polar surface area (TPSA) is 90.0 Å². The zero-order valence-electron chi connectivity index (χ0n) is 14.5. The molecule has 1 aliphatic rings. The minimum Gasteiger partial charge on any atom is -0.459 e. The molecule has 0 saturated carbocycles. The van der Waals surface area contributed by atoms with Crippen molar-refractivity contribution in [3.8, 4) is 0 Å². The zero-order chi connectivity index (χ0) is 18.6. The van der Waals surface area contributed by atoms with Crippen LogP contribution in [0.15, 0.2) is 30.3 Å². The van der Waals surface area contributed by atoms with Gasteiger partial charge in [0.05, 0.1) is 0 Å². The third-order valence-corrected chi connectivity index (χ3v) is 3.47. The maximum atomic E-state index is 12.2. The summed E-state index contributed by atoms with van der Waals surface area (Å²) in [5.41, 5.74) is 0.0316. The van der Waals surface area contributed by atoms with Crippen LogP contribution in [-0.4, -0.2) is 40.8 Å². The van der Waals surface area contributed by atoms with Crippen molar-refractivity contribution in [1.29, 1.82) is 0 Å². The van der Waals surface area contributed by atoms with Crippen LogP contribution in [0.4, 0.5) is 0 Å². The van der Waals surface area contributed by atoms with Gasteiger partial charge in [0.1, 0.15) is 24.7 Å². The molecule has 0 N–H and O–H groups in total. The van der Waals surface area contributed by atoms with Gasteiger partial charge in [-0.2, -0.15) is 0 Å². The minimum atomic E-state index is -1.20. The van der Waals surface area contributed by atoms with E-state index in [4.69, 9.17) is 9.47 Å². The minimum absolute atomic E-state index is 0.0470. The number of esters is 2. The number of hydrogen-bond acceptors (Lipinski definition) is 6. The number of likely N-dealkylation sites (tertiary alicyclic amines) is 1. The molecular weight excluding hydrogens is 326 g/mol. The van der Waals surface area contributed by atoms with E-state index in [2.05, 4.69) is 0 Å². The van der Waals surface area contributed by atoms with Crippen LogP contribution >= 0.6 is 0 Å². The number of imide groups is 1. The third-order valence-electron chi connectivity index (χ3n) is 3.47. The highest BCUT2D eigenvalue weighted by molar-refractivity contribution is 6.13. The maximum absolute atomic E-state index is 12.2. The fourth-order valence-electron chi connectivity index (χ4n) is 2.32. The summed E-state index contributed by atoms with van der Waals surface area (Å²) < 4.78 is 10.2. The van der Waals surface area contributed by atoms with Crippen LogP contribution in [-0.2, 0) is 35.3 Å². The van der Waals surface area contributed by atoms with Crippen LogP contribution in [0.2, 0.25) is 0 Å². The van der Waals surface area contributed by atoms with Crippen LogP contribution in [0.5, 0.6) is 0 Å². The van der Waals surface area contributed by atoms with Crippen molar-refractivity contribution in [3.05, 3.63) is 35.9 Å². The first-order valence-electron chi connectivity index (χ1n) is 7.94. The lowest BCUT2D eigenvalue weighted by molar-refractivity contribution is -0.163. The van der Waals surface area contributed by atoms with Gasteiger partial charge < -0.3 is 9.47 Å². The standard InChI is InChI=1S/C18H21NO6/c1-18(2,3)25-17(23)13-9-14(20)19(16(13)22)10-15(21)24-11-12-7-5-4-6-8-12/h4-8,13H,9-11H2,1-3H3/t13-/m0/s1. The number of benzene rings is 1. The first-order valence-corrected chi connectivity index (χ1v) is 7.94. The van der Waals surface area contributed by atoms with Gasteiger partial charge in [-0.15, -0.1) is 0 Å². The number of hydrogen-bond donors (Lipinski definition) is 0. The van der Waals surface area contributed by atoms with Gasteiger partial charge in [-0.1, -0.05) is 30.3 Å². The Hall–Kier alpha value is -2.70. The van der Waals surface area contributed by atoms with Crippen LogP contribution in [0.25, 0.3) is 0 Å². The van der Waals surface area contributed by atoms with E-state index in [1.165, 1.54) is 0 Å². The number of carbonyl (C=O) groups is 4. The van der Waals surface area contributed by atoms with Crippen LogP contribution < -0.4 is 0 Å². The molecule has 0 bridgehead atoms. The number of nitrogens with zero attached hydrogens (tertiary/aromatic N) is 1. The fraction of sp³-hybridized carbons (Fsp3) is 0.444. The van der Waals surface area contributed by atoms with Gasteiger partial charge in [0.25, 0.3) is 0 Å². The van der Waals surface area contributed by atoms with Gasteiger partial charge in [-0.25, -0.2) is 0 Å². The summed E-state index contributed by atoms with van der Waals surface area (Å²) >= 11 is 0. The van der Waals surface area contributed by atoms with Crippen molar-refractivity contribution in [3.63, 3.8) is 0 Å². The quantitative estimate of drug-likeness (QED) is 0.455. The van der Waals surface area contributed by atoms with Gasteiger partial charge in [0.15, 0.2) is 0 Å². The number of ether oxygens (including phenoxy) is 2. The van der Waals surface area contributed by atoms with E-state index in [1.54, 1.807) is 32.9 Å². The molecule has 134 valence electrons. The van der Waals surface area contributed by atoms with E-state index in [1.807, 2.05) is 18.2 Å². The van der Waals surface area contributed by atoms with E-state index in [0.717, 1.165) is 10.5 Å². The molecule has 1 aromatic rings. The largest absolute Gasteiger partial charge is 0.459 e. The lowest BCUT2D eigenvalue weighted by atomic mass is 10.1. The number of rotatable bonds is 5. The summed E-state index contributed by atoms with van der Waals surface area (Å²) in [6.45, 7) is 4.55. The maximum Gasteiger partial charge on any atom is 0.326 e. The first kappa shape index (κ1) is 18.6. The Kier molecular flexibility index (Phi) is 5.56. The Labute approximate surface area is 145 Å². The second kappa shape index (κ2) is 7.46. The van der Waals surface area contributed by atoms with Crippen LogP contribution in [0.3, 0.4) is 0 Å². The molecule has 0 spiro atoms. The van der Waals surface area contributed by atoms with Gasteiger partial charge in [-0.05, 0) is 26.3 Å². The molecule has 1 heterocycles. The summed E-state index contributed by atoms with van der Waals surface area (Å²) in [5, 5.41) is 0. The highest BCUT2D eigenvalue weighted by atomic mass is 16.6. The van der Waals surface area contributed by atoms with E-state index < -0.39 is 41.8 Å². The molecule has 1 aliphatic heterocycles. The summed E-state index contributed by atoms with van der Waals surface area (Å²) in [7, 11) is 0. The molecule has 2 amide bonds. The highest BCUT2D eigenvalue weighted by Gasteiger charge is 2.45. The second-order valence-electron chi connectivity index (χ2n) is 6.75. The second-order valence-corrected chi connectivity index (χ2v) is 6.75. The molecule has 2 rings (SSSR count). The molecule has 1 atom stereocenters. The molecule has 1 fully saturated rings. The predicted molar refractivity (Wildman–Crippen MR) is 86.9 cm³/mol. The zero-order valence-corrected chi connectivity index (χ0v) is 14.5. The van der Waals surface area contributed by atoms with Gasteiger partial charge in [0.2, 0.25) is 11.8 Å². The van der Waals surface area contributed by atoms with E-state index in [9.17, 15) is 19.2 Å². The normalized spacial score (nSPS) is 17.6. The fourth-order valence-corrected chi connectivity index (χ4v) is 2.32. The van der Waals surface area contributed by atoms with E-state index in [0.29, 0.717) is 0 Å². The molecule has 0 aliphatic carbocycles. The Morgan fingerprint density at radius 2 is 1.80 bits per heavy atom. The molecule has 7 nitrogen and oxygen atoms in total. The smallest absolute Gasteiger partial charge is 0.326 e. The molecule has 0 aromatic heterocycles. The van der Waals surface area contributed by atoms with Gasteiger partial charge in [-0.3, -0.25) is 24.1 Å². The lowest BCUT2D eigenvalue weighted by Crippen LogP contribution is -2.38. The molecule has 0 unspecified atom stereocenters. The molecule has 1 saturated heterocycles. The van der Waals surface area contributed by atoms with E-state index >= 15 is 0 Å². The molecule has 7 heteroatoms. The number of amides is 2. The summed E-state index contributed by atoms with van der Waals surface area (Å²) in [5.74, 6) is -3.98. The Morgan fingerprint density at radius 3 is 2.40 bits per heavy atom. The molecular formula is C18H21NO6. The third kappa shape index (κ3) is 5.14. The summed E-state index contributed by atoms with van der Waals surface area (Å²) in [4.78, 5) is 48.9. The summed E-state index contributed by atoms with van der Waals surface area (Å²) in [6.07, 6.45) is -0.292. The molecule has 0 radical (unpaired) electrons. The highest BCUT2D eigenvalue weighted by Crippen LogP contribution is 2.23. The summed E-state index contributed by atoms with van der Waals surface area (Å²) in [6, 6.07) is 9.03. The van der Waals surface area contributed by atoms with Crippen molar-refractivity contribution in [2.24, 2.45) is 5.92 Å². The van der Waals surface area contributed by atoms with Crippen molar-refractivity contribution in [2.75, 3.05) is 6.54 Å². The Balaban J connectivity index is 1.91. The predicted octanol–water partition coefficient (Wildman–Crippen LogP) is 1.45. The number of carbonyl (C=O) groups excluding carboxylic acids is 4. The molecule has 25 heavy (non-hydrogen) atoms. The average molecular weight is 347 g/mol. The van der Waals surface area contributed by atoms with Gasteiger partial charge in [0, 0.05) is 6.42 Å². The molecule has 1 aromatic carbocycles. The van der Waals surface area contributed by atoms with Crippen molar-refractivity contribution in [1.82, 2.24) is 4.90 Å². The van der Waals surface area contributed by atoms with Crippen LogP contribution in [0, 0.1) is 5.92 Å².